The number of aromatic nitrogens is 4. The third-order valence-electron chi connectivity index (χ3n) is 2.14. The molecule has 6 heteroatoms. The molecule has 0 bridgehead atoms. The van der Waals surface area contributed by atoms with E-state index < -0.39 is 0 Å². The summed E-state index contributed by atoms with van der Waals surface area (Å²) >= 11 is 1.37. The Kier molecular flexibility index (Phi) is 3.77. The lowest BCUT2D eigenvalue weighted by Crippen LogP contribution is -2.04. The van der Waals surface area contributed by atoms with E-state index in [9.17, 15) is 4.79 Å². The van der Waals surface area contributed by atoms with E-state index in [2.05, 4.69) is 21.8 Å². The maximum Gasteiger partial charge on any atom is 0.191 e. The third-order valence-corrected chi connectivity index (χ3v) is 3.12. The van der Waals surface area contributed by atoms with E-state index >= 15 is 0 Å². The fourth-order valence-corrected chi connectivity index (χ4v) is 2.14. The van der Waals surface area contributed by atoms with Crippen LogP contribution in [-0.2, 0) is 6.54 Å². The highest BCUT2D eigenvalue weighted by Crippen LogP contribution is 2.16. The van der Waals surface area contributed by atoms with Crippen LogP contribution in [0.4, 0.5) is 0 Å². The number of aromatic amines is 1. The zero-order valence-corrected chi connectivity index (χ0v) is 9.98. The number of thioether (sulfide) groups is 1. The number of carbonyl (C=O) groups excluding carboxylic acids is 1. The van der Waals surface area contributed by atoms with Crippen LogP contribution in [0.1, 0.15) is 10.5 Å². The first-order chi connectivity index (χ1) is 8.31. The van der Waals surface area contributed by atoms with Crippen molar-refractivity contribution in [3.63, 3.8) is 0 Å². The van der Waals surface area contributed by atoms with Crippen molar-refractivity contribution in [3.8, 4) is 0 Å². The second-order valence-corrected chi connectivity index (χ2v) is 4.29. The fraction of sp³-hybridized carbons (Fsp3) is 0.182. The summed E-state index contributed by atoms with van der Waals surface area (Å²) in [5.41, 5.74) is 0.618. The topological polar surface area (TPSA) is 63.6 Å². The lowest BCUT2D eigenvalue weighted by atomic mass is 10.3. The van der Waals surface area contributed by atoms with E-state index in [1.54, 1.807) is 30.7 Å². The van der Waals surface area contributed by atoms with Crippen molar-refractivity contribution in [2.24, 2.45) is 0 Å². The van der Waals surface area contributed by atoms with Gasteiger partial charge in [-0.2, -0.15) is 0 Å². The van der Waals surface area contributed by atoms with Crippen molar-refractivity contribution in [2.75, 3.05) is 5.75 Å². The van der Waals surface area contributed by atoms with Crippen molar-refractivity contribution >= 4 is 17.5 Å². The van der Waals surface area contributed by atoms with E-state index in [1.807, 2.05) is 4.57 Å². The van der Waals surface area contributed by atoms with Gasteiger partial charge >= 0.3 is 0 Å². The number of Topliss-reactive ketones (excluding diaryl/α,β-unsaturated/α-hetero) is 1. The summed E-state index contributed by atoms with van der Waals surface area (Å²) in [5, 5.41) is 8.49. The van der Waals surface area contributed by atoms with Gasteiger partial charge in [-0.1, -0.05) is 17.8 Å². The number of H-pyrrole nitrogens is 1. The SMILES string of the molecule is C=CCn1cnnc1SCC(=O)c1ccc[nH]1. The van der Waals surface area contributed by atoms with Crippen LogP contribution in [0, 0.1) is 0 Å². The highest BCUT2D eigenvalue weighted by molar-refractivity contribution is 7.99. The van der Waals surface area contributed by atoms with Crippen LogP contribution in [0.2, 0.25) is 0 Å². The Balaban J connectivity index is 1.95. The summed E-state index contributed by atoms with van der Waals surface area (Å²) in [5.74, 6) is 0.393. The average molecular weight is 248 g/mol. The number of allylic oxidation sites excluding steroid dienone is 1. The zero-order chi connectivity index (χ0) is 12.1. The molecular weight excluding hydrogens is 236 g/mol. The first-order valence-corrected chi connectivity index (χ1v) is 6.08. The normalized spacial score (nSPS) is 10.4. The molecule has 88 valence electrons. The van der Waals surface area contributed by atoms with Gasteiger partial charge in [0.15, 0.2) is 10.9 Å². The molecule has 1 N–H and O–H groups in total. The Hall–Kier alpha value is -1.82. The minimum atomic E-state index is 0.0492. The molecule has 2 aromatic heterocycles. The van der Waals surface area contributed by atoms with E-state index in [-0.39, 0.29) is 5.78 Å². The first kappa shape index (κ1) is 11.7. The molecule has 0 spiro atoms. The number of hydrogen-bond donors (Lipinski definition) is 1. The van der Waals surface area contributed by atoms with Crippen molar-refractivity contribution < 1.29 is 4.79 Å². The van der Waals surface area contributed by atoms with Gasteiger partial charge in [-0.25, -0.2) is 0 Å². The first-order valence-electron chi connectivity index (χ1n) is 5.09. The van der Waals surface area contributed by atoms with Gasteiger partial charge < -0.3 is 9.55 Å². The second-order valence-electron chi connectivity index (χ2n) is 3.35. The van der Waals surface area contributed by atoms with Crippen LogP contribution < -0.4 is 0 Å². The molecule has 0 fully saturated rings. The smallest absolute Gasteiger partial charge is 0.191 e. The van der Waals surface area contributed by atoms with Crippen LogP contribution in [0.15, 0.2) is 42.5 Å². The predicted molar refractivity (Wildman–Crippen MR) is 66.1 cm³/mol. The zero-order valence-electron chi connectivity index (χ0n) is 9.17. The van der Waals surface area contributed by atoms with Crippen LogP contribution in [0.25, 0.3) is 0 Å². The number of nitrogens with one attached hydrogen (secondary N) is 1. The molecule has 17 heavy (non-hydrogen) atoms. The van der Waals surface area contributed by atoms with Crippen LogP contribution >= 0.6 is 11.8 Å². The van der Waals surface area contributed by atoms with Crippen LogP contribution in [-0.4, -0.2) is 31.3 Å². The molecule has 5 nitrogen and oxygen atoms in total. The molecule has 0 atom stereocenters. The molecule has 2 aromatic rings. The number of nitrogens with zero attached hydrogens (tertiary/aromatic N) is 3. The number of carbonyl (C=O) groups is 1. The van der Waals surface area contributed by atoms with Gasteiger partial charge in [-0.3, -0.25) is 4.79 Å². The summed E-state index contributed by atoms with van der Waals surface area (Å²) in [4.78, 5) is 14.6. The van der Waals surface area contributed by atoms with Gasteiger partial charge in [0, 0.05) is 12.7 Å². The maximum atomic E-state index is 11.7. The largest absolute Gasteiger partial charge is 0.359 e. The molecule has 0 saturated heterocycles. The Morgan fingerprint density at radius 2 is 2.53 bits per heavy atom. The molecular formula is C11H12N4OS. The molecule has 2 heterocycles. The average Bonchev–Trinajstić information content (AvgIpc) is 2.97. The van der Waals surface area contributed by atoms with E-state index in [1.165, 1.54) is 11.8 Å². The Bertz CT molecular complexity index is 503. The summed E-state index contributed by atoms with van der Waals surface area (Å²) < 4.78 is 1.85. The van der Waals surface area contributed by atoms with Gasteiger partial charge in [0.2, 0.25) is 0 Å². The van der Waals surface area contributed by atoms with Crippen LogP contribution in [0.5, 0.6) is 0 Å². The van der Waals surface area contributed by atoms with E-state index in [4.69, 9.17) is 0 Å². The van der Waals surface area contributed by atoms with Crippen molar-refractivity contribution in [3.05, 3.63) is 43.0 Å². The Morgan fingerprint density at radius 1 is 1.65 bits per heavy atom. The fourth-order valence-electron chi connectivity index (χ4n) is 1.33. The monoisotopic (exact) mass is 248 g/mol. The summed E-state index contributed by atoms with van der Waals surface area (Å²) in [6, 6.07) is 3.56. The van der Waals surface area contributed by atoms with E-state index in [0.29, 0.717) is 18.0 Å². The second kappa shape index (κ2) is 5.49. The predicted octanol–water partition coefficient (Wildman–Crippen LogP) is 1.77. The minimum absolute atomic E-state index is 0.0492. The van der Waals surface area contributed by atoms with Crippen LogP contribution in [0.3, 0.4) is 0 Å². The van der Waals surface area contributed by atoms with Gasteiger partial charge in [-0.05, 0) is 12.1 Å². The molecule has 0 unspecified atom stereocenters. The minimum Gasteiger partial charge on any atom is -0.359 e. The molecule has 0 aliphatic carbocycles. The van der Waals surface area contributed by atoms with Crippen molar-refractivity contribution in [2.45, 2.75) is 11.7 Å². The maximum absolute atomic E-state index is 11.7. The van der Waals surface area contributed by atoms with Gasteiger partial charge in [0.1, 0.15) is 6.33 Å². The number of hydrogen-bond acceptors (Lipinski definition) is 4. The molecule has 0 radical (unpaired) electrons. The third kappa shape index (κ3) is 2.85. The number of rotatable bonds is 6. The standard InChI is InChI=1S/C11H12N4OS/c1-2-6-15-8-13-14-11(15)17-7-10(16)9-4-3-5-12-9/h2-5,8,12H,1,6-7H2. The molecule has 0 saturated carbocycles. The highest BCUT2D eigenvalue weighted by atomic mass is 32.2. The van der Waals surface area contributed by atoms with Crippen molar-refractivity contribution in [1.29, 1.82) is 0 Å². The highest BCUT2D eigenvalue weighted by Gasteiger charge is 2.10. The summed E-state index contributed by atoms with van der Waals surface area (Å²) in [6.45, 7) is 4.30. The number of ketones is 1. The lowest BCUT2D eigenvalue weighted by Gasteiger charge is -2.01. The van der Waals surface area contributed by atoms with Gasteiger partial charge in [0.25, 0.3) is 0 Å². The quantitative estimate of drug-likeness (QED) is 0.480. The summed E-state index contributed by atoms with van der Waals surface area (Å²) in [6.07, 6.45) is 5.13. The Morgan fingerprint density at radius 3 is 3.24 bits per heavy atom. The van der Waals surface area contributed by atoms with Gasteiger partial charge in [-0.15, -0.1) is 16.8 Å². The lowest BCUT2D eigenvalue weighted by molar-refractivity contribution is 0.101. The molecule has 0 aliphatic heterocycles. The van der Waals surface area contributed by atoms with Crippen molar-refractivity contribution in [1.82, 2.24) is 19.7 Å². The van der Waals surface area contributed by atoms with Gasteiger partial charge in [0.05, 0.1) is 11.4 Å². The molecule has 2 rings (SSSR count). The molecule has 0 amide bonds. The van der Waals surface area contributed by atoms with E-state index in [0.717, 1.165) is 5.16 Å². The molecule has 0 aliphatic rings. The summed E-state index contributed by atoms with van der Waals surface area (Å²) in [7, 11) is 0. The molecule has 0 aromatic carbocycles. The Labute approximate surface area is 103 Å².